The molecule has 2 aromatic rings. The summed E-state index contributed by atoms with van der Waals surface area (Å²) in [6.07, 6.45) is 1.55. The molecule has 0 aliphatic heterocycles. The van der Waals surface area contributed by atoms with E-state index in [0.29, 0.717) is 17.9 Å². The Kier molecular flexibility index (Phi) is 4.87. The quantitative estimate of drug-likeness (QED) is 0.653. The number of aryl methyl sites for hydroxylation is 1. The molecular weight excluding hydrogens is 276 g/mol. The van der Waals surface area contributed by atoms with Gasteiger partial charge in [-0.3, -0.25) is 9.36 Å². The minimum absolute atomic E-state index is 0.0239. The molecule has 0 radical (unpaired) electrons. The second kappa shape index (κ2) is 6.63. The third-order valence-electron chi connectivity index (χ3n) is 3.03. The molecule has 0 saturated carbocycles. The van der Waals surface area contributed by atoms with Crippen molar-refractivity contribution >= 4 is 17.4 Å². The van der Waals surface area contributed by atoms with Crippen molar-refractivity contribution in [1.29, 1.82) is 0 Å². The van der Waals surface area contributed by atoms with Gasteiger partial charge < -0.3 is 5.73 Å². The second-order valence-electron chi connectivity index (χ2n) is 4.50. The van der Waals surface area contributed by atoms with Crippen molar-refractivity contribution in [3.05, 3.63) is 41.5 Å². The minimum atomic E-state index is 0.0239. The number of benzene rings is 1. The summed E-state index contributed by atoms with van der Waals surface area (Å²) in [4.78, 5) is 11.5. The summed E-state index contributed by atoms with van der Waals surface area (Å²) in [5, 5.41) is 8.26. The van der Waals surface area contributed by atoms with Gasteiger partial charge in [-0.15, -0.1) is 21.8 Å². The van der Waals surface area contributed by atoms with Crippen molar-refractivity contribution in [3.8, 4) is 5.69 Å². The van der Waals surface area contributed by atoms with E-state index in [4.69, 9.17) is 17.3 Å². The van der Waals surface area contributed by atoms with Crippen LogP contribution in [0.3, 0.4) is 0 Å². The van der Waals surface area contributed by atoms with Gasteiger partial charge in [-0.1, -0.05) is 12.1 Å². The number of aromatic nitrogens is 3. The van der Waals surface area contributed by atoms with Gasteiger partial charge >= 0.3 is 0 Å². The number of halogens is 1. The Balaban J connectivity index is 2.46. The van der Waals surface area contributed by atoms with Crippen LogP contribution < -0.4 is 5.73 Å². The Morgan fingerprint density at radius 2 is 2.10 bits per heavy atom. The van der Waals surface area contributed by atoms with Crippen molar-refractivity contribution in [1.82, 2.24) is 14.8 Å². The van der Waals surface area contributed by atoms with E-state index < -0.39 is 0 Å². The molecule has 0 unspecified atom stereocenters. The zero-order valence-electron chi connectivity index (χ0n) is 11.3. The summed E-state index contributed by atoms with van der Waals surface area (Å²) in [5.74, 6) is 1.77. The summed E-state index contributed by atoms with van der Waals surface area (Å²) in [6, 6.07) is 7.37. The molecule has 2 N–H and O–H groups in total. The molecule has 1 aromatic heterocycles. The third kappa shape index (κ3) is 3.05. The normalized spacial score (nSPS) is 10.8. The van der Waals surface area contributed by atoms with E-state index in [9.17, 15) is 4.79 Å². The van der Waals surface area contributed by atoms with Crippen molar-refractivity contribution in [2.45, 2.75) is 25.6 Å². The van der Waals surface area contributed by atoms with E-state index >= 15 is 0 Å². The summed E-state index contributed by atoms with van der Waals surface area (Å²) in [6.45, 7) is 2.14. The molecule has 1 heterocycles. The van der Waals surface area contributed by atoms with E-state index in [1.54, 1.807) is 13.0 Å². The predicted octanol–water partition coefficient (Wildman–Crippen LogP) is 2.10. The molecule has 2 rings (SSSR count). The highest BCUT2D eigenvalue weighted by Crippen LogP contribution is 2.17. The maximum Gasteiger partial charge on any atom is 0.159 e. The number of hydrogen-bond acceptors (Lipinski definition) is 4. The van der Waals surface area contributed by atoms with Crippen LogP contribution in [-0.4, -0.2) is 27.1 Å². The maximum atomic E-state index is 11.5. The summed E-state index contributed by atoms with van der Waals surface area (Å²) in [5.41, 5.74) is 7.05. The lowest BCUT2D eigenvalue weighted by atomic mass is 10.1. The lowest BCUT2D eigenvalue weighted by Gasteiger charge is -2.10. The van der Waals surface area contributed by atoms with Crippen LogP contribution in [0.15, 0.2) is 24.3 Å². The molecule has 0 spiro atoms. The Morgan fingerprint density at radius 3 is 2.75 bits per heavy atom. The first-order valence-corrected chi connectivity index (χ1v) is 7.01. The van der Waals surface area contributed by atoms with E-state index in [1.807, 2.05) is 22.8 Å². The van der Waals surface area contributed by atoms with Crippen LogP contribution in [0.2, 0.25) is 0 Å². The van der Waals surface area contributed by atoms with Gasteiger partial charge in [0.25, 0.3) is 0 Å². The molecule has 0 aliphatic rings. The molecule has 1 aromatic carbocycles. The third-order valence-corrected chi connectivity index (χ3v) is 3.27. The molecule has 5 nitrogen and oxygen atoms in total. The Labute approximate surface area is 122 Å². The van der Waals surface area contributed by atoms with Crippen LogP contribution in [0.25, 0.3) is 5.69 Å². The zero-order valence-corrected chi connectivity index (χ0v) is 12.1. The van der Waals surface area contributed by atoms with Crippen LogP contribution in [0, 0.1) is 0 Å². The number of ketones is 1. The smallest absolute Gasteiger partial charge is 0.159 e. The molecule has 0 saturated heterocycles. The van der Waals surface area contributed by atoms with Crippen LogP contribution in [0.5, 0.6) is 0 Å². The van der Waals surface area contributed by atoms with Gasteiger partial charge in [-0.25, -0.2) is 0 Å². The van der Waals surface area contributed by atoms with E-state index in [1.165, 1.54) is 0 Å². The molecule has 0 atom stereocenters. The van der Waals surface area contributed by atoms with E-state index in [2.05, 4.69) is 10.2 Å². The highest BCUT2D eigenvalue weighted by atomic mass is 35.5. The SMILES string of the molecule is CC(=O)c1cccc(-n2c(CCl)nnc2CCCN)c1. The topological polar surface area (TPSA) is 73.8 Å². The molecule has 0 amide bonds. The van der Waals surface area contributed by atoms with E-state index in [0.717, 1.165) is 24.4 Å². The fourth-order valence-electron chi connectivity index (χ4n) is 2.02. The molecule has 106 valence electrons. The van der Waals surface area contributed by atoms with Gasteiger partial charge in [0.15, 0.2) is 11.6 Å². The molecule has 0 bridgehead atoms. The minimum Gasteiger partial charge on any atom is -0.330 e. The van der Waals surface area contributed by atoms with Gasteiger partial charge in [-0.05, 0) is 32.0 Å². The maximum absolute atomic E-state index is 11.5. The summed E-state index contributed by atoms with van der Waals surface area (Å²) >= 11 is 5.92. The zero-order chi connectivity index (χ0) is 14.5. The van der Waals surface area contributed by atoms with Gasteiger partial charge in [0, 0.05) is 17.7 Å². The number of nitrogens with two attached hydrogens (primary N) is 1. The van der Waals surface area contributed by atoms with Crippen LogP contribution in [0.4, 0.5) is 0 Å². The highest BCUT2D eigenvalue weighted by molar-refractivity contribution is 6.16. The molecule has 0 fully saturated rings. The highest BCUT2D eigenvalue weighted by Gasteiger charge is 2.13. The van der Waals surface area contributed by atoms with Gasteiger partial charge in [0.1, 0.15) is 5.82 Å². The number of carbonyl (C=O) groups is 1. The lowest BCUT2D eigenvalue weighted by Crippen LogP contribution is -2.08. The fourth-order valence-corrected chi connectivity index (χ4v) is 2.20. The first kappa shape index (κ1) is 14.7. The average molecular weight is 293 g/mol. The van der Waals surface area contributed by atoms with Gasteiger partial charge in [0.05, 0.1) is 5.88 Å². The Hall–Kier alpha value is -1.72. The number of carbonyl (C=O) groups excluding carboxylic acids is 1. The van der Waals surface area contributed by atoms with Crippen LogP contribution >= 0.6 is 11.6 Å². The number of hydrogen-bond donors (Lipinski definition) is 1. The Bertz CT molecular complexity index is 609. The Morgan fingerprint density at radius 1 is 1.35 bits per heavy atom. The number of nitrogens with zero attached hydrogens (tertiary/aromatic N) is 3. The number of rotatable bonds is 6. The van der Waals surface area contributed by atoms with Crippen molar-refractivity contribution in [3.63, 3.8) is 0 Å². The first-order chi connectivity index (χ1) is 9.67. The van der Waals surface area contributed by atoms with Crippen molar-refractivity contribution in [2.75, 3.05) is 6.54 Å². The standard InChI is InChI=1S/C14H17ClN4O/c1-10(20)11-4-2-5-12(8-11)19-13(6-3-7-16)17-18-14(19)9-15/h2,4-5,8H,3,6-7,9,16H2,1H3. The monoisotopic (exact) mass is 292 g/mol. The summed E-state index contributed by atoms with van der Waals surface area (Å²) < 4.78 is 1.90. The van der Waals surface area contributed by atoms with Crippen LogP contribution in [0.1, 0.15) is 35.4 Å². The molecular formula is C14H17ClN4O. The number of alkyl halides is 1. The van der Waals surface area contributed by atoms with E-state index in [-0.39, 0.29) is 11.7 Å². The first-order valence-electron chi connectivity index (χ1n) is 6.48. The molecule has 6 heteroatoms. The summed E-state index contributed by atoms with van der Waals surface area (Å²) in [7, 11) is 0. The average Bonchev–Trinajstić information content (AvgIpc) is 2.88. The second-order valence-corrected chi connectivity index (χ2v) is 4.77. The van der Waals surface area contributed by atoms with Gasteiger partial charge in [0.2, 0.25) is 0 Å². The van der Waals surface area contributed by atoms with Crippen molar-refractivity contribution in [2.24, 2.45) is 5.73 Å². The van der Waals surface area contributed by atoms with Crippen LogP contribution in [-0.2, 0) is 12.3 Å². The lowest BCUT2D eigenvalue weighted by molar-refractivity contribution is 0.101. The fraction of sp³-hybridized carbons (Fsp3) is 0.357. The van der Waals surface area contributed by atoms with Crippen molar-refractivity contribution < 1.29 is 4.79 Å². The molecule has 20 heavy (non-hydrogen) atoms. The largest absolute Gasteiger partial charge is 0.330 e. The van der Waals surface area contributed by atoms with Gasteiger partial charge in [-0.2, -0.15) is 0 Å². The molecule has 0 aliphatic carbocycles. The number of Topliss-reactive ketones (excluding diaryl/α,β-unsaturated/α-hetero) is 1. The predicted molar refractivity (Wildman–Crippen MR) is 78.3 cm³/mol.